The summed E-state index contributed by atoms with van der Waals surface area (Å²) in [5.41, 5.74) is 6.70. The molecule has 5 nitrogen and oxygen atoms in total. The van der Waals surface area contributed by atoms with Crippen LogP contribution < -0.4 is 15.8 Å². The van der Waals surface area contributed by atoms with Crippen molar-refractivity contribution >= 4 is 17.5 Å². The third-order valence-electron chi connectivity index (χ3n) is 3.46. The van der Waals surface area contributed by atoms with Crippen LogP contribution in [0.1, 0.15) is 41.0 Å². The molecule has 0 heterocycles. The maximum atomic E-state index is 12.2. The molecule has 0 aromatic heterocycles. The molecule has 120 valence electrons. The Kier molecular flexibility index (Phi) is 5.36. The lowest BCUT2D eigenvalue weighted by Crippen LogP contribution is -2.13. The number of carbonyl (C=O) groups excluding carboxylic acids is 2. The van der Waals surface area contributed by atoms with E-state index in [1.807, 2.05) is 6.92 Å². The van der Waals surface area contributed by atoms with Gasteiger partial charge in [-0.3, -0.25) is 9.59 Å². The van der Waals surface area contributed by atoms with Crippen LogP contribution in [0.2, 0.25) is 0 Å². The molecule has 1 atom stereocenters. The molecule has 0 bridgehead atoms. The Morgan fingerprint density at radius 2 is 1.61 bits per heavy atom. The molecule has 0 aliphatic rings. The molecule has 3 N–H and O–H groups in total. The largest absolute Gasteiger partial charge is 0.491 e. The lowest BCUT2D eigenvalue weighted by atomic mass is 10.1. The highest BCUT2D eigenvalue weighted by molar-refractivity contribution is 6.04. The first-order valence-electron chi connectivity index (χ1n) is 7.47. The van der Waals surface area contributed by atoms with Gasteiger partial charge in [0.2, 0.25) is 5.91 Å². The number of hydrogen-bond donors (Lipinski definition) is 2. The number of hydrogen-bond acceptors (Lipinski definition) is 3. The summed E-state index contributed by atoms with van der Waals surface area (Å²) in [5.74, 6) is 0.00778. The summed E-state index contributed by atoms with van der Waals surface area (Å²) in [6.07, 6.45) is 1.06. The molecular formula is C18H20N2O3. The number of benzene rings is 2. The van der Waals surface area contributed by atoms with Gasteiger partial charge in [0.25, 0.3) is 5.91 Å². The monoisotopic (exact) mass is 312 g/mol. The Morgan fingerprint density at radius 3 is 2.13 bits per heavy atom. The zero-order valence-electron chi connectivity index (χ0n) is 13.2. The van der Waals surface area contributed by atoms with Crippen molar-refractivity contribution in [2.75, 3.05) is 5.32 Å². The van der Waals surface area contributed by atoms with Crippen molar-refractivity contribution in [2.24, 2.45) is 5.73 Å². The van der Waals surface area contributed by atoms with E-state index in [2.05, 4.69) is 12.2 Å². The molecule has 0 unspecified atom stereocenters. The second-order valence-corrected chi connectivity index (χ2v) is 5.26. The van der Waals surface area contributed by atoms with Crippen LogP contribution in [0.5, 0.6) is 5.75 Å². The van der Waals surface area contributed by atoms with Crippen molar-refractivity contribution in [3.63, 3.8) is 0 Å². The molecule has 0 aliphatic carbocycles. The number of anilines is 1. The van der Waals surface area contributed by atoms with Crippen molar-refractivity contribution in [1.29, 1.82) is 0 Å². The predicted molar refractivity (Wildman–Crippen MR) is 89.7 cm³/mol. The van der Waals surface area contributed by atoms with Gasteiger partial charge in [-0.05, 0) is 61.9 Å². The van der Waals surface area contributed by atoms with Gasteiger partial charge in [-0.15, -0.1) is 0 Å². The molecule has 0 saturated heterocycles. The van der Waals surface area contributed by atoms with Crippen molar-refractivity contribution < 1.29 is 14.3 Å². The molecule has 2 aromatic rings. The number of nitrogens with two attached hydrogens (primary N) is 1. The van der Waals surface area contributed by atoms with E-state index < -0.39 is 5.91 Å². The van der Waals surface area contributed by atoms with Crippen LogP contribution in [-0.2, 0) is 0 Å². The van der Waals surface area contributed by atoms with Gasteiger partial charge in [0.15, 0.2) is 0 Å². The number of carbonyl (C=O) groups is 2. The minimum Gasteiger partial charge on any atom is -0.491 e. The van der Waals surface area contributed by atoms with E-state index >= 15 is 0 Å². The fourth-order valence-corrected chi connectivity index (χ4v) is 1.92. The molecular weight excluding hydrogens is 292 g/mol. The molecule has 5 heteroatoms. The number of ether oxygens (including phenoxy) is 1. The third kappa shape index (κ3) is 4.57. The van der Waals surface area contributed by atoms with Crippen LogP contribution in [0.15, 0.2) is 48.5 Å². The molecule has 0 fully saturated rings. The molecule has 2 aromatic carbocycles. The summed E-state index contributed by atoms with van der Waals surface area (Å²) < 4.78 is 5.68. The lowest BCUT2D eigenvalue weighted by Gasteiger charge is -2.12. The average Bonchev–Trinajstić information content (AvgIpc) is 2.55. The second-order valence-electron chi connectivity index (χ2n) is 5.26. The Bertz CT molecular complexity index is 678. The highest BCUT2D eigenvalue weighted by Gasteiger charge is 2.08. The van der Waals surface area contributed by atoms with Crippen LogP contribution in [-0.4, -0.2) is 17.9 Å². The van der Waals surface area contributed by atoms with Crippen molar-refractivity contribution in [1.82, 2.24) is 0 Å². The zero-order valence-corrected chi connectivity index (χ0v) is 13.2. The van der Waals surface area contributed by atoms with Crippen molar-refractivity contribution in [2.45, 2.75) is 26.4 Å². The summed E-state index contributed by atoms with van der Waals surface area (Å²) in [6.45, 7) is 4.05. The first-order valence-corrected chi connectivity index (χ1v) is 7.47. The highest BCUT2D eigenvalue weighted by atomic mass is 16.5. The van der Waals surface area contributed by atoms with E-state index in [1.54, 1.807) is 48.5 Å². The lowest BCUT2D eigenvalue weighted by molar-refractivity contribution is 0.0998. The quantitative estimate of drug-likeness (QED) is 0.859. The maximum Gasteiger partial charge on any atom is 0.255 e. The summed E-state index contributed by atoms with van der Waals surface area (Å²) in [7, 11) is 0. The smallest absolute Gasteiger partial charge is 0.255 e. The topological polar surface area (TPSA) is 81.4 Å². The van der Waals surface area contributed by atoms with Gasteiger partial charge in [-0.25, -0.2) is 0 Å². The summed E-state index contributed by atoms with van der Waals surface area (Å²) in [6, 6.07) is 13.4. The predicted octanol–water partition coefficient (Wildman–Crippen LogP) is 3.22. The Morgan fingerprint density at radius 1 is 1.04 bits per heavy atom. The second kappa shape index (κ2) is 7.45. The number of amides is 2. The normalized spacial score (nSPS) is 11.6. The number of primary amides is 1. The molecule has 0 radical (unpaired) electrons. The van der Waals surface area contributed by atoms with Crippen LogP contribution in [0, 0.1) is 0 Å². The van der Waals surface area contributed by atoms with Crippen LogP contribution in [0.25, 0.3) is 0 Å². The molecule has 2 rings (SSSR count). The van der Waals surface area contributed by atoms with Gasteiger partial charge in [-0.1, -0.05) is 6.92 Å². The summed E-state index contributed by atoms with van der Waals surface area (Å²) in [5, 5.41) is 2.76. The molecule has 2 amide bonds. The number of nitrogens with one attached hydrogen (secondary N) is 1. The van der Waals surface area contributed by atoms with Gasteiger partial charge in [0, 0.05) is 16.8 Å². The first kappa shape index (κ1) is 16.5. The fraction of sp³-hybridized carbons (Fsp3) is 0.222. The van der Waals surface area contributed by atoms with Crippen LogP contribution >= 0.6 is 0 Å². The number of rotatable bonds is 6. The van der Waals surface area contributed by atoms with E-state index in [-0.39, 0.29) is 12.0 Å². The highest BCUT2D eigenvalue weighted by Crippen LogP contribution is 2.16. The minimum absolute atomic E-state index is 0.137. The van der Waals surface area contributed by atoms with Crippen LogP contribution in [0.4, 0.5) is 5.69 Å². The third-order valence-corrected chi connectivity index (χ3v) is 3.46. The van der Waals surface area contributed by atoms with E-state index in [9.17, 15) is 9.59 Å². The summed E-state index contributed by atoms with van der Waals surface area (Å²) >= 11 is 0. The van der Waals surface area contributed by atoms with E-state index in [0.717, 1.165) is 12.2 Å². The first-order chi connectivity index (χ1) is 11.0. The molecule has 0 aliphatic heterocycles. The molecule has 0 saturated carbocycles. The van der Waals surface area contributed by atoms with Crippen molar-refractivity contribution in [3.05, 3.63) is 59.7 Å². The van der Waals surface area contributed by atoms with E-state index in [1.165, 1.54) is 0 Å². The van der Waals surface area contributed by atoms with E-state index in [0.29, 0.717) is 16.8 Å². The molecule has 0 spiro atoms. The zero-order chi connectivity index (χ0) is 16.8. The SMILES string of the molecule is CC[C@H](C)Oc1ccc(C(=O)Nc2ccc(C(N)=O)cc2)cc1. The van der Waals surface area contributed by atoms with Gasteiger partial charge in [0.1, 0.15) is 5.75 Å². The maximum absolute atomic E-state index is 12.2. The van der Waals surface area contributed by atoms with Crippen molar-refractivity contribution in [3.8, 4) is 5.75 Å². The minimum atomic E-state index is -0.500. The van der Waals surface area contributed by atoms with Gasteiger partial charge in [-0.2, -0.15) is 0 Å². The standard InChI is InChI=1S/C18H20N2O3/c1-3-12(2)23-16-10-6-14(7-11-16)18(22)20-15-8-4-13(5-9-15)17(19)21/h4-12H,3H2,1-2H3,(H2,19,21)(H,20,22)/t12-/m0/s1. The Balaban J connectivity index is 2.01. The van der Waals surface area contributed by atoms with Crippen LogP contribution in [0.3, 0.4) is 0 Å². The Hall–Kier alpha value is -2.82. The molecule has 23 heavy (non-hydrogen) atoms. The van der Waals surface area contributed by atoms with Gasteiger partial charge >= 0.3 is 0 Å². The van der Waals surface area contributed by atoms with Gasteiger partial charge in [0.05, 0.1) is 6.10 Å². The average molecular weight is 312 g/mol. The van der Waals surface area contributed by atoms with Gasteiger partial charge < -0.3 is 15.8 Å². The van der Waals surface area contributed by atoms with E-state index in [4.69, 9.17) is 10.5 Å². The Labute approximate surface area is 135 Å². The fourth-order valence-electron chi connectivity index (χ4n) is 1.92. The summed E-state index contributed by atoms with van der Waals surface area (Å²) in [4.78, 5) is 23.2.